The van der Waals surface area contributed by atoms with E-state index in [1.807, 2.05) is 0 Å². The van der Waals surface area contributed by atoms with Crippen LogP contribution in [0.5, 0.6) is 0 Å². The van der Waals surface area contributed by atoms with Crippen LogP contribution in [0.3, 0.4) is 0 Å². The Balaban J connectivity index is 0.000000709. The molecule has 4 saturated carbocycles. The lowest BCUT2D eigenvalue weighted by Crippen LogP contribution is -2.53. The highest BCUT2D eigenvalue weighted by Gasteiger charge is 2.59. The van der Waals surface area contributed by atoms with Crippen LogP contribution in [0.4, 0.5) is 0 Å². The second kappa shape index (κ2) is 11.1. The predicted octanol–water partition coefficient (Wildman–Crippen LogP) is 8.03. The van der Waals surface area contributed by atoms with E-state index >= 15 is 0 Å². The van der Waals surface area contributed by atoms with Crippen LogP contribution >= 0.6 is 0 Å². The van der Waals surface area contributed by atoms with Crippen LogP contribution in [0.2, 0.25) is 0 Å². The molecule has 0 saturated heterocycles. The van der Waals surface area contributed by atoms with Gasteiger partial charge in [-0.05, 0) is 110 Å². The van der Waals surface area contributed by atoms with E-state index in [0.717, 1.165) is 48.9 Å². The maximum atomic E-state index is 9.00. The number of fused-ring (bicyclic) bond motifs is 5. The van der Waals surface area contributed by atoms with Crippen molar-refractivity contribution in [1.82, 2.24) is 0 Å². The third kappa shape index (κ3) is 5.61. The summed E-state index contributed by atoms with van der Waals surface area (Å²) in [7, 11) is 0. The average Bonchev–Trinajstić information content (AvgIpc) is 3.10. The quantitative estimate of drug-likeness (QED) is 0.239. The molecule has 4 rings (SSSR count). The number of hydrogen-bond acceptors (Lipinski definition) is 3. The summed E-state index contributed by atoms with van der Waals surface area (Å²) in [6.07, 6.45) is 20.6. The number of aliphatic carboxylic acids is 1. The molecule has 9 atom stereocenters. The first-order chi connectivity index (χ1) is 15.6. The fourth-order valence-corrected chi connectivity index (χ4v) is 9.42. The van der Waals surface area contributed by atoms with Crippen LogP contribution in [-0.4, -0.2) is 22.5 Å². The van der Waals surface area contributed by atoms with E-state index in [1.165, 1.54) is 70.6 Å². The molecule has 0 heterocycles. The largest absolute Gasteiger partial charge is 0.481 e. The molecule has 0 aromatic carbocycles. The number of carbonyl (C=O) groups is 1. The summed E-state index contributed by atoms with van der Waals surface area (Å²) in [5.41, 5.74) is 1.28. The van der Waals surface area contributed by atoms with Crippen LogP contribution in [0.1, 0.15) is 118 Å². The van der Waals surface area contributed by atoms with Gasteiger partial charge in [0.1, 0.15) is 0 Å². The third-order valence-electron chi connectivity index (χ3n) is 11.0. The van der Waals surface area contributed by atoms with Gasteiger partial charge in [0.2, 0.25) is 0 Å². The Labute approximate surface area is 203 Å². The van der Waals surface area contributed by atoms with Crippen molar-refractivity contribution in [3.63, 3.8) is 0 Å². The first-order valence-electron chi connectivity index (χ1n) is 14.0. The molecule has 4 heteroatoms. The number of carboxylic acids is 1. The van der Waals surface area contributed by atoms with Crippen LogP contribution in [-0.2, 0) is 4.79 Å². The van der Waals surface area contributed by atoms with Crippen molar-refractivity contribution in [2.75, 3.05) is 0 Å². The first-order valence-corrected chi connectivity index (χ1v) is 14.0. The molecule has 0 aromatic heterocycles. The molecule has 2 N–H and O–H groups in total. The molecule has 0 spiro atoms. The van der Waals surface area contributed by atoms with Gasteiger partial charge in [-0.25, -0.2) is 0 Å². The van der Waals surface area contributed by atoms with E-state index in [4.69, 9.17) is 15.1 Å². The number of hydrogen-bond donors (Lipinski definition) is 2. The van der Waals surface area contributed by atoms with Crippen molar-refractivity contribution in [3.05, 3.63) is 0 Å². The Hall–Kier alpha value is -1.06. The van der Waals surface area contributed by atoms with E-state index in [1.54, 1.807) is 12.6 Å². The molecule has 0 aromatic rings. The average molecular weight is 462 g/mol. The minimum absolute atomic E-state index is 0.404. The number of rotatable bonds is 6. The van der Waals surface area contributed by atoms with Gasteiger partial charge in [0, 0.05) is 13.1 Å². The van der Waals surface area contributed by atoms with Crippen molar-refractivity contribution in [3.8, 4) is 0 Å². The fourth-order valence-electron chi connectivity index (χ4n) is 9.42. The molecule has 0 radical (unpaired) electrons. The van der Waals surface area contributed by atoms with E-state index in [9.17, 15) is 0 Å². The van der Waals surface area contributed by atoms with E-state index in [2.05, 4.69) is 32.9 Å². The third-order valence-corrected chi connectivity index (χ3v) is 11.0. The highest BCUT2D eigenvalue weighted by molar-refractivity contribution is 5.63. The van der Waals surface area contributed by atoms with Gasteiger partial charge < -0.3 is 10.3 Å². The Morgan fingerprint density at radius 2 is 1.67 bits per heavy atom. The SMILES string of the molecule is CC(=O)O.CC(C=NO)CCCC(C)C1CCC2C3CCC4CCCCC4(C)C3CCC12C. The minimum Gasteiger partial charge on any atom is -0.481 e. The van der Waals surface area contributed by atoms with E-state index in [0.29, 0.717) is 16.7 Å². The lowest BCUT2D eigenvalue weighted by Gasteiger charge is -2.61. The standard InChI is InChI=1S/C27H47NO.C2H4O2/c1-19(18-28-29)8-7-9-20(2)23-13-14-24-22-12-11-21-10-5-6-16-26(21,3)25(22)15-17-27(23,24)4;1-2(3)4/h18-25,29H,5-17H2,1-4H3;1H3,(H,3,4). The zero-order valence-electron chi connectivity index (χ0n) is 22.1. The highest BCUT2D eigenvalue weighted by Crippen LogP contribution is 2.68. The molecule has 0 bridgehead atoms. The second-order valence-electron chi connectivity index (χ2n) is 12.8. The van der Waals surface area contributed by atoms with Gasteiger partial charge in [0.25, 0.3) is 5.97 Å². The Bertz CT molecular complexity index is 674. The Morgan fingerprint density at radius 3 is 2.36 bits per heavy atom. The molecule has 4 aliphatic carbocycles. The summed E-state index contributed by atoms with van der Waals surface area (Å²) in [5.74, 6) is 5.48. The predicted molar refractivity (Wildman–Crippen MR) is 136 cm³/mol. The minimum atomic E-state index is -0.833. The van der Waals surface area contributed by atoms with Gasteiger partial charge in [0.15, 0.2) is 0 Å². The number of oxime groups is 1. The summed E-state index contributed by atoms with van der Waals surface area (Å²) < 4.78 is 0. The topological polar surface area (TPSA) is 69.9 Å². The zero-order valence-corrected chi connectivity index (χ0v) is 22.1. The number of carboxylic acid groups (broad SMARTS) is 1. The summed E-state index contributed by atoms with van der Waals surface area (Å²) >= 11 is 0. The summed E-state index contributed by atoms with van der Waals surface area (Å²) in [4.78, 5) is 9.00. The van der Waals surface area contributed by atoms with Crippen molar-refractivity contribution in [1.29, 1.82) is 0 Å². The van der Waals surface area contributed by atoms with Crippen molar-refractivity contribution in [2.24, 2.45) is 57.4 Å². The molecule has 0 amide bonds. The maximum Gasteiger partial charge on any atom is 0.300 e. The molecular weight excluding hydrogens is 410 g/mol. The van der Waals surface area contributed by atoms with Crippen LogP contribution in [0, 0.1) is 52.3 Å². The summed E-state index contributed by atoms with van der Waals surface area (Å²) in [6.45, 7) is 11.2. The second-order valence-corrected chi connectivity index (χ2v) is 12.8. The number of nitrogens with zero attached hydrogens (tertiary/aromatic N) is 1. The Morgan fingerprint density at radius 1 is 0.970 bits per heavy atom. The van der Waals surface area contributed by atoms with Crippen LogP contribution in [0.15, 0.2) is 5.16 Å². The van der Waals surface area contributed by atoms with Crippen molar-refractivity contribution in [2.45, 2.75) is 118 Å². The van der Waals surface area contributed by atoms with E-state index in [-0.39, 0.29) is 0 Å². The normalized spacial score (nSPS) is 41.8. The summed E-state index contributed by atoms with van der Waals surface area (Å²) in [6, 6.07) is 0. The molecule has 4 nitrogen and oxygen atoms in total. The molecule has 4 fully saturated rings. The smallest absolute Gasteiger partial charge is 0.300 e. The monoisotopic (exact) mass is 461 g/mol. The van der Waals surface area contributed by atoms with Gasteiger partial charge in [-0.1, -0.05) is 53.4 Å². The van der Waals surface area contributed by atoms with Gasteiger partial charge in [-0.2, -0.15) is 0 Å². The molecule has 4 aliphatic rings. The lowest BCUT2D eigenvalue weighted by molar-refractivity contribution is -0.134. The molecule has 190 valence electrons. The van der Waals surface area contributed by atoms with Crippen LogP contribution in [0.25, 0.3) is 0 Å². The van der Waals surface area contributed by atoms with Gasteiger partial charge in [-0.3, -0.25) is 4.79 Å². The molecule has 0 aliphatic heterocycles. The van der Waals surface area contributed by atoms with Crippen molar-refractivity contribution >= 4 is 12.2 Å². The highest BCUT2D eigenvalue weighted by atomic mass is 16.4. The van der Waals surface area contributed by atoms with E-state index < -0.39 is 5.97 Å². The molecule has 9 unspecified atom stereocenters. The Kier molecular flexibility index (Phi) is 8.94. The molecular formula is C29H51NO3. The fraction of sp³-hybridized carbons (Fsp3) is 0.931. The first kappa shape index (κ1) is 26.5. The lowest BCUT2D eigenvalue weighted by atomic mass is 9.44. The van der Waals surface area contributed by atoms with Crippen molar-refractivity contribution < 1.29 is 15.1 Å². The molecule has 33 heavy (non-hydrogen) atoms. The van der Waals surface area contributed by atoms with Gasteiger partial charge >= 0.3 is 0 Å². The van der Waals surface area contributed by atoms with Gasteiger partial charge in [-0.15, -0.1) is 5.16 Å². The maximum absolute atomic E-state index is 9.00. The zero-order chi connectivity index (χ0) is 24.2. The van der Waals surface area contributed by atoms with Gasteiger partial charge in [0.05, 0.1) is 0 Å². The summed E-state index contributed by atoms with van der Waals surface area (Å²) in [5, 5.41) is 19.4. The van der Waals surface area contributed by atoms with Crippen LogP contribution < -0.4 is 0 Å².